The monoisotopic (exact) mass is 361 g/mol. The second kappa shape index (κ2) is 6.75. The summed E-state index contributed by atoms with van der Waals surface area (Å²) in [7, 11) is 0. The standard InChI is InChI=1S/C18H21F2N5O/c19-18(20)10-14(21-11-18)17(26)25-8-6-13(7-9-25)16-22-15(23-24-16)12-4-2-1-3-5-12/h1-5,13-14,21H,6-11H2,(H,22,23,24). The Morgan fingerprint density at radius 1 is 1.19 bits per heavy atom. The van der Waals surface area contributed by atoms with Gasteiger partial charge in [0.2, 0.25) is 5.91 Å². The van der Waals surface area contributed by atoms with Gasteiger partial charge >= 0.3 is 0 Å². The Labute approximate surface area is 150 Å². The molecule has 4 rings (SSSR count). The van der Waals surface area contributed by atoms with E-state index in [9.17, 15) is 13.6 Å². The van der Waals surface area contributed by atoms with Crippen LogP contribution in [-0.2, 0) is 4.79 Å². The van der Waals surface area contributed by atoms with Crippen molar-refractivity contribution in [1.82, 2.24) is 25.4 Å². The number of carbonyl (C=O) groups is 1. The first-order valence-corrected chi connectivity index (χ1v) is 8.89. The maximum atomic E-state index is 13.3. The van der Waals surface area contributed by atoms with Crippen LogP contribution in [0.3, 0.4) is 0 Å². The van der Waals surface area contributed by atoms with Crippen molar-refractivity contribution in [2.24, 2.45) is 0 Å². The second-order valence-electron chi connectivity index (χ2n) is 7.00. The topological polar surface area (TPSA) is 73.9 Å². The number of rotatable bonds is 3. The van der Waals surface area contributed by atoms with E-state index in [1.165, 1.54) is 0 Å². The van der Waals surface area contributed by atoms with E-state index < -0.39 is 24.9 Å². The molecule has 0 bridgehead atoms. The van der Waals surface area contributed by atoms with Gasteiger partial charge in [-0.1, -0.05) is 30.3 Å². The van der Waals surface area contributed by atoms with Crippen molar-refractivity contribution in [2.75, 3.05) is 19.6 Å². The first kappa shape index (κ1) is 17.1. The molecule has 2 aromatic rings. The fourth-order valence-corrected chi connectivity index (χ4v) is 3.66. The molecule has 0 radical (unpaired) electrons. The molecule has 1 aromatic carbocycles. The number of halogens is 2. The van der Waals surface area contributed by atoms with Gasteiger partial charge in [0.25, 0.3) is 5.92 Å². The Bertz CT molecular complexity index is 771. The Hall–Kier alpha value is -2.35. The van der Waals surface area contributed by atoms with Crippen LogP contribution >= 0.6 is 0 Å². The van der Waals surface area contributed by atoms with E-state index in [0.29, 0.717) is 18.9 Å². The zero-order valence-electron chi connectivity index (χ0n) is 14.3. The number of amides is 1. The summed E-state index contributed by atoms with van der Waals surface area (Å²) in [6, 6.07) is 8.97. The number of benzene rings is 1. The predicted molar refractivity (Wildman–Crippen MR) is 91.7 cm³/mol. The minimum absolute atomic E-state index is 0.196. The van der Waals surface area contributed by atoms with Crippen molar-refractivity contribution in [2.45, 2.75) is 37.1 Å². The zero-order chi connectivity index (χ0) is 18.1. The third-order valence-electron chi connectivity index (χ3n) is 5.14. The molecule has 8 heteroatoms. The van der Waals surface area contributed by atoms with Crippen LogP contribution in [-0.4, -0.2) is 57.6 Å². The van der Waals surface area contributed by atoms with Crippen molar-refractivity contribution in [3.63, 3.8) is 0 Å². The summed E-state index contributed by atoms with van der Waals surface area (Å²) in [6.07, 6.45) is 1.09. The molecule has 1 unspecified atom stereocenters. The lowest BCUT2D eigenvalue weighted by molar-refractivity contribution is -0.134. The van der Waals surface area contributed by atoms with Crippen LogP contribution in [0.2, 0.25) is 0 Å². The van der Waals surface area contributed by atoms with Crippen LogP contribution in [0.5, 0.6) is 0 Å². The Kier molecular flexibility index (Phi) is 4.44. The molecule has 1 amide bonds. The Morgan fingerprint density at radius 2 is 1.92 bits per heavy atom. The highest BCUT2D eigenvalue weighted by molar-refractivity contribution is 5.82. The van der Waals surface area contributed by atoms with Gasteiger partial charge in [0.1, 0.15) is 5.82 Å². The molecule has 6 nitrogen and oxygen atoms in total. The number of piperidine rings is 1. The van der Waals surface area contributed by atoms with Crippen LogP contribution in [0.15, 0.2) is 30.3 Å². The Morgan fingerprint density at radius 3 is 2.58 bits per heavy atom. The second-order valence-corrected chi connectivity index (χ2v) is 7.00. The van der Waals surface area contributed by atoms with E-state index in [2.05, 4.69) is 20.5 Å². The van der Waals surface area contributed by atoms with Crippen LogP contribution < -0.4 is 5.32 Å². The van der Waals surface area contributed by atoms with Crippen molar-refractivity contribution in [1.29, 1.82) is 0 Å². The van der Waals surface area contributed by atoms with Crippen molar-refractivity contribution < 1.29 is 13.6 Å². The summed E-state index contributed by atoms with van der Waals surface area (Å²) in [4.78, 5) is 18.7. The van der Waals surface area contributed by atoms with E-state index >= 15 is 0 Å². The van der Waals surface area contributed by atoms with Crippen LogP contribution in [0.4, 0.5) is 8.78 Å². The lowest BCUT2D eigenvalue weighted by atomic mass is 9.95. The van der Waals surface area contributed by atoms with Gasteiger partial charge in [-0.15, -0.1) is 0 Å². The number of alkyl halides is 2. The zero-order valence-corrected chi connectivity index (χ0v) is 14.3. The number of carbonyl (C=O) groups excluding carboxylic acids is 1. The number of aromatic amines is 1. The largest absolute Gasteiger partial charge is 0.341 e. The lowest BCUT2D eigenvalue weighted by Crippen LogP contribution is -2.46. The highest BCUT2D eigenvalue weighted by atomic mass is 19.3. The average Bonchev–Trinajstić information content (AvgIpc) is 3.29. The van der Waals surface area contributed by atoms with E-state index in [1.54, 1.807) is 4.90 Å². The summed E-state index contributed by atoms with van der Waals surface area (Å²) in [5.41, 5.74) is 0.954. The summed E-state index contributed by atoms with van der Waals surface area (Å²) in [6.45, 7) is 0.684. The molecular formula is C18H21F2N5O. The summed E-state index contributed by atoms with van der Waals surface area (Å²) in [5, 5.41) is 9.93. The molecule has 1 atom stereocenters. The quantitative estimate of drug-likeness (QED) is 0.879. The fraction of sp³-hybridized carbons (Fsp3) is 0.500. The molecule has 138 valence electrons. The number of nitrogens with zero attached hydrogens (tertiary/aromatic N) is 3. The molecule has 26 heavy (non-hydrogen) atoms. The molecule has 1 aromatic heterocycles. The third kappa shape index (κ3) is 3.46. The minimum atomic E-state index is -2.79. The summed E-state index contributed by atoms with van der Waals surface area (Å²) < 4.78 is 26.6. The number of nitrogens with one attached hydrogen (secondary N) is 2. The van der Waals surface area contributed by atoms with Gasteiger partial charge in [-0.2, -0.15) is 5.10 Å². The highest BCUT2D eigenvalue weighted by Gasteiger charge is 2.44. The minimum Gasteiger partial charge on any atom is -0.341 e. The number of H-pyrrole nitrogens is 1. The van der Waals surface area contributed by atoms with Gasteiger partial charge < -0.3 is 4.90 Å². The van der Waals surface area contributed by atoms with Crippen LogP contribution in [0, 0.1) is 0 Å². The van der Waals surface area contributed by atoms with E-state index in [4.69, 9.17) is 0 Å². The molecule has 2 aliphatic heterocycles. The molecule has 0 spiro atoms. The van der Waals surface area contributed by atoms with Crippen LogP contribution in [0.1, 0.15) is 31.0 Å². The van der Waals surface area contributed by atoms with E-state index in [1.807, 2.05) is 30.3 Å². The number of hydrogen-bond acceptors (Lipinski definition) is 4. The van der Waals surface area contributed by atoms with Crippen molar-refractivity contribution in [3.8, 4) is 11.4 Å². The normalized spacial score (nSPS) is 23.3. The maximum Gasteiger partial charge on any atom is 0.262 e. The molecule has 0 aliphatic carbocycles. The number of hydrogen-bond donors (Lipinski definition) is 2. The molecule has 2 aliphatic rings. The summed E-state index contributed by atoms with van der Waals surface area (Å²) >= 11 is 0. The van der Waals surface area contributed by atoms with Gasteiger partial charge in [0.15, 0.2) is 5.82 Å². The first-order chi connectivity index (χ1) is 12.5. The van der Waals surface area contributed by atoms with Gasteiger partial charge in [-0.3, -0.25) is 15.2 Å². The average molecular weight is 361 g/mol. The highest BCUT2D eigenvalue weighted by Crippen LogP contribution is 2.30. The molecule has 2 N–H and O–H groups in total. The molecular weight excluding hydrogens is 340 g/mol. The molecule has 2 fully saturated rings. The van der Waals surface area contributed by atoms with Gasteiger partial charge in [0, 0.05) is 31.0 Å². The predicted octanol–water partition coefficient (Wildman–Crippen LogP) is 2.17. The Balaban J connectivity index is 1.35. The third-order valence-corrected chi connectivity index (χ3v) is 5.14. The first-order valence-electron chi connectivity index (χ1n) is 8.89. The summed E-state index contributed by atoms with van der Waals surface area (Å²) in [5.74, 6) is -1.32. The smallest absolute Gasteiger partial charge is 0.262 e. The number of aromatic nitrogens is 3. The molecule has 0 saturated carbocycles. The number of likely N-dealkylation sites (tertiary alicyclic amines) is 1. The van der Waals surface area contributed by atoms with Crippen molar-refractivity contribution in [3.05, 3.63) is 36.2 Å². The van der Waals surface area contributed by atoms with Crippen molar-refractivity contribution >= 4 is 5.91 Å². The van der Waals surface area contributed by atoms with Gasteiger partial charge in [-0.25, -0.2) is 13.8 Å². The molecule has 3 heterocycles. The fourth-order valence-electron chi connectivity index (χ4n) is 3.66. The van der Waals surface area contributed by atoms with E-state index in [0.717, 1.165) is 24.2 Å². The SMILES string of the molecule is O=C(C1CC(F)(F)CN1)N1CCC(c2nc(-c3ccccc3)n[nH]2)CC1. The van der Waals surface area contributed by atoms with Gasteiger partial charge in [-0.05, 0) is 12.8 Å². The maximum absolute atomic E-state index is 13.3. The van der Waals surface area contributed by atoms with Gasteiger partial charge in [0.05, 0.1) is 12.6 Å². The molecule has 2 saturated heterocycles. The lowest BCUT2D eigenvalue weighted by Gasteiger charge is -2.32. The van der Waals surface area contributed by atoms with Crippen LogP contribution in [0.25, 0.3) is 11.4 Å². The van der Waals surface area contributed by atoms with E-state index in [-0.39, 0.29) is 11.8 Å².